The number of nitrogens with two attached hydrogens (primary N) is 1. The normalized spacial score (nSPS) is 18.4. The summed E-state index contributed by atoms with van der Waals surface area (Å²) in [6, 6.07) is 5.83. The number of nitrogens with one attached hydrogen (secondary N) is 1. The second-order valence-corrected chi connectivity index (χ2v) is 6.07. The molecule has 2 aromatic rings. The van der Waals surface area contributed by atoms with Crippen LogP contribution in [0.25, 0.3) is 0 Å². The van der Waals surface area contributed by atoms with Gasteiger partial charge in [-0.15, -0.1) is 5.10 Å². The fourth-order valence-electron chi connectivity index (χ4n) is 2.86. The average Bonchev–Trinajstić information content (AvgIpc) is 3.11. The van der Waals surface area contributed by atoms with Gasteiger partial charge in [0.25, 0.3) is 0 Å². The van der Waals surface area contributed by atoms with E-state index < -0.39 is 5.92 Å². The van der Waals surface area contributed by atoms with Gasteiger partial charge >= 0.3 is 0 Å². The summed E-state index contributed by atoms with van der Waals surface area (Å²) in [4.78, 5) is 0. The van der Waals surface area contributed by atoms with Crippen molar-refractivity contribution >= 4 is 15.9 Å². The Bertz CT molecular complexity index is 897. The minimum atomic E-state index is -0.397. The molecule has 1 atom stereocenters. The molecule has 7 nitrogen and oxygen atoms in total. The molecule has 8 heteroatoms. The number of fused-ring (bicyclic) bond motifs is 2. The molecule has 0 fully saturated rings. The van der Waals surface area contributed by atoms with Gasteiger partial charge in [0.05, 0.1) is 5.92 Å². The van der Waals surface area contributed by atoms with E-state index in [-0.39, 0.29) is 12.7 Å². The second kappa shape index (κ2) is 4.93. The van der Waals surface area contributed by atoms with Crippen LogP contribution in [0.15, 0.2) is 28.1 Å². The highest BCUT2D eigenvalue weighted by Crippen LogP contribution is 2.47. The lowest BCUT2D eigenvalue weighted by Gasteiger charge is -2.24. The van der Waals surface area contributed by atoms with Crippen molar-refractivity contribution in [3.05, 3.63) is 44.9 Å². The largest absolute Gasteiger partial charge is 0.454 e. The first kappa shape index (κ1) is 14.0. The number of benzene rings is 1. The Hall–Kier alpha value is -2.66. The van der Waals surface area contributed by atoms with Crippen molar-refractivity contribution in [2.75, 3.05) is 6.79 Å². The molecule has 23 heavy (non-hydrogen) atoms. The summed E-state index contributed by atoms with van der Waals surface area (Å²) in [6.07, 6.45) is 0. The van der Waals surface area contributed by atoms with Crippen LogP contribution in [0.5, 0.6) is 17.4 Å². The highest BCUT2D eigenvalue weighted by atomic mass is 79.9. The van der Waals surface area contributed by atoms with E-state index in [1.54, 1.807) is 0 Å². The van der Waals surface area contributed by atoms with Gasteiger partial charge in [0, 0.05) is 15.7 Å². The molecule has 4 rings (SSSR count). The van der Waals surface area contributed by atoms with Crippen molar-refractivity contribution in [2.45, 2.75) is 12.8 Å². The number of ether oxygens (including phenoxy) is 3. The number of aryl methyl sites for hydroxylation is 1. The van der Waals surface area contributed by atoms with Crippen molar-refractivity contribution in [1.82, 2.24) is 10.2 Å². The first-order chi connectivity index (χ1) is 11.1. The third-order valence-corrected chi connectivity index (χ3v) is 4.62. The summed E-state index contributed by atoms with van der Waals surface area (Å²) in [5.74, 6) is 1.33. The summed E-state index contributed by atoms with van der Waals surface area (Å²) in [5.41, 5.74) is 8.69. The Labute approximate surface area is 139 Å². The molecule has 0 bridgehead atoms. The van der Waals surface area contributed by atoms with Crippen LogP contribution in [0, 0.1) is 18.3 Å². The number of nitriles is 1. The van der Waals surface area contributed by atoms with Crippen LogP contribution in [-0.4, -0.2) is 17.0 Å². The number of H-pyrrole nitrogens is 1. The summed E-state index contributed by atoms with van der Waals surface area (Å²) in [5, 5.41) is 16.6. The van der Waals surface area contributed by atoms with Gasteiger partial charge in [0.1, 0.15) is 11.6 Å². The summed E-state index contributed by atoms with van der Waals surface area (Å²) < 4.78 is 17.1. The van der Waals surface area contributed by atoms with E-state index in [0.29, 0.717) is 23.0 Å². The van der Waals surface area contributed by atoms with Gasteiger partial charge in [-0.3, -0.25) is 5.10 Å². The Balaban J connectivity index is 1.97. The van der Waals surface area contributed by atoms with Crippen LogP contribution < -0.4 is 19.9 Å². The van der Waals surface area contributed by atoms with E-state index >= 15 is 0 Å². The molecule has 0 unspecified atom stereocenters. The quantitative estimate of drug-likeness (QED) is 0.793. The number of allylic oxidation sites excluding steroid dienone is 1. The van der Waals surface area contributed by atoms with E-state index in [2.05, 4.69) is 32.2 Å². The molecule has 1 aromatic carbocycles. The van der Waals surface area contributed by atoms with Gasteiger partial charge in [0.15, 0.2) is 11.5 Å². The molecule has 1 aromatic heterocycles. The van der Waals surface area contributed by atoms with Gasteiger partial charge in [-0.25, -0.2) is 0 Å². The van der Waals surface area contributed by atoms with Crippen LogP contribution in [0.2, 0.25) is 0 Å². The van der Waals surface area contributed by atoms with Gasteiger partial charge in [-0.1, -0.05) is 15.9 Å². The lowest BCUT2D eigenvalue weighted by molar-refractivity contribution is 0.174. The summed E-state index contributed by atoms with van der Waals surface area (Å²) in [7, 11) is 0. The van der Waals surface area contributed by atoms with Crippen LogP contribution in [0.1, 0.15) is 22.7 Å². The molecule has 0 amide bonds. The number of rotatable bonds is 1. The maximum Gasteiger partial charge on any atom is 0.244 e. The van der Waals surface area contributed by atoms with Crippen molar-refractivity contribution in [2.24, 2.45) is 5.73 Å². The standard InChI is InChI=1S/C15H11BrN4O3/c1-6-12-13(8(4-17)14(18)23-15(12)20-19-6)7-2-10-11(3-9(7)16)22-5-21-10/h2-3,13H,5,18H2,1H3,(H,19,20)/t13-/m0/s1. The zero-order valence-corrected chi connectivity index (χ0v) is 13.6. The van der Waals surface area contributed by atoms with E-state index in [9.17, 15) is 5.26 Å². The van der Waals surface area contributed by atoms with Crippen LogP contribution in [-0.2, 0) is 0 Å². The number of halogens is 1. The average molecular weight is 375 g/mol. The fourth-order valence-corrected chi connectivity index (χ4v) is 3.42. The van der Waals surface area contributed by atoms with Gasteiger partial charge in [-0.2, -0.15) is 5.26 Å². The van der Waals surface area contributed by atoms with Gasteiger partial charge in [0.2, 0.25) is 18.6 Å². The van der Waals surface area contributed by atoms with Crippen LogP contribution in [0.3, 0.4) is 0 Å². The first-order valence-corrected chi connectivity index (χ1v) is 7.61. The molecule has 0 radical (unpaired) electrons. The highest BCUT2D eigenvalue weighted by molar-refractivity contribution is 9.10. The Morgan fingerprint density at radius 3 is 2.87 bits per heavy atom. The summed E-state index contributed by atoms with van der Waals surface area (Å²) in [6.45, 7) is 2.05. The third-order valence-electron chi connectivity index (χ3n) is 3.93. The molecule has 0 saturated carbocycles. The number of hydrogen-bond donors (Lipinski definition) is 2. The van der Waals surface area contributed by atoms with Gasteiger partial charge < -0.3 is 19.9 Å². The van der Waals surface area contributed by atoms with Crippen LogP contribution in [0.4, 0.5) is 0 Å². The lowest BCUT2D eigenvalue weighted by Crippen LogP contribution is -2.21. The van der Waals surface area contributed by atoms with Crippen molar-refractivity contribution in [1.29, 1.82) is 5.26 Å². The smallest absolute Gasteiger partial charge is 0.244 e. The first-order valence-electron chi connectivity index (χ1n) is 6.81. The van der Waals surface area contributed by atoms with Crippen molar-refractivity contribution in [3.63, 3.8) is 0 Å². The number of nitrogens with zero attached hydrogens (tertiary/aromatic N) is 2. The zero-order valence-electron chi connectivity index (χ0n) is 12.0. The molecule has 0 spiro atoms. The fraction of sp³-hybridized carbons (Fsp3) is 0.200. The molecule has 2 aliphatic rings. The molecule has 116 valence electrons. The van der Waals surface area contributed by atoms with E-state index in [1.165, 1.54) is 0 Å². The van der Waals surface area contributed by atoms with Gasteiger partial charge in [-0.05, 0) is 24.6 Å². The molecule has 0 saturated heterocycles. The molecule has 3 heterocycles. The Morgan fingerprint density at radius 1 is 1.39 bits per heavy atom. The van der Waals surface area contributed by atoms with Crippen molar-refractivity contribution < 1.29 is 14.2 Å². The van der Waals surface area contributed by atoms with E-state index in [4.69, 9.17) is 19.9 Å². The SMILES string of the molecule is Cc1[nH]nc2c1[C@@H](c1cc3c(cc1Br)OCO3)C(C#N)=C(N)O2. The number of aromatic nitrogens is 2. The third kappa shape index (κ3) is 1.97. The predicted octanol–water partition coefficient (Wildman–Crippen LogP) is 2.43. The van der Waals surface area contributed by atoms with E-state index in [1.807, 2.05) is 19.1 Å². The molecule has 0 aliphatic carbocycles. The molecule has 3 N–H and O–H groups in total. The zero-order chi connectivity index (χ0) is 16.1. The van der Waals surface area contributed by atoms with Crippen molar-refractivity contribution in [3.8, 4) is 23.4 Å². The monoisotopic (exact) mass is 374 g/mol. The topological polar surface area (TPSA) is 106 Å². The number of aromatic amines is 1. The minimum absolute atomic E-state index is 0.0565. The summed E-state index contributed by atoms with van der Waals surface area (Å²) >= 11 is 3.55. The highest BCUT2D eigenvalue weighted by Gasteiger charge is 2.36. The Morgan fingerprint density at radius 2 is 2.13 bits per heavy atom. The van der Waals surface area contributed by atoms with Crippen LogP contribution >= 0.6 is 15.9 Å². The predicted molar refractivity (Wildman–Crippen MR) is 82.9 cm³/mol. The molecular weight excluding hydrogens is 364 g/mol. The lowest BCUT2D eigenvalue weighted by atomic mass is 9.84. The molecule has 2 aliphatic heterocycles. The Kier molecular flexibility index (Phi) is 2.99. The maximum absolute atomic E-state index is 9.56. The minimum Gasteiger partial charge on any atom is -0.454 e. The maximum atomic E-state index is 9.56. The number of hydrogen-bond acceptors (Lipinski definition) is 6. The van der Waals surface area contributed by atoms with E-state index in [0.717, 1.165) is 21.3 Å². The second-order valence-electron chi connectivity index (χ2n) is 5.22. The molecular formula is C15H11BrN4O3.